The normalized spacial score (nSPS) is 19.1. The SMILES string of the molecule is CS/C=C/C(=C\CC/C(C)=C/CC/C=C(\C)CC/C=C(\C)CCC1OC1(C)C)CCC=C(C)C. The van der Waals surface area contributed by atoms with Crippen LogP contribution in [0.3, 0.4) is 0 Å². The van der Waals surface area contributed by atoms with Gasteiger partial charge in [-0.2, -0.15) is 0 Å². The van der Waals surface area contributed by atoms with Gasteiger partial charge in [0.05, 0.1) is 11.7 Å². The molecule has 1 rings (SSSR count). The lowest BCUT2D eigenvalue weighted by molar-refractivity contribution is 0.320. The van der Waals surface area contributed by atoms with E-state index in [1.54, 1.807) is 11.8 Å². The number of unbranched alkanes of at least 4 members (excludes halogenated alkanes) is 1. The molecule has 0 spiro atoms. The Bertz CT molecular complexity index is 769. The van der Waals surface area contributed by atoms with Gasteiger partial charge in [0.25, 0.3) is 0 Å². The van der Waals surface area contributed by atoms with Crippen LogP contribution in [0.4, 0.5) is 0 Å². The molecule has 2 heteroatoms. The van der Waals surface area contributed by atoms with Gasteiger partial charge in [-0.1, -0.05) is 64.3 Å². The van der Waals surface area contributed by atoms with Crippen molar-refractivity contribution in [3.8, 4) is 0 Å². The van der Waals surface area contributed by atoms with Gasteiger partial charge in [-0.25, -0.2) is 0 Å². The van der Waals surface area contributed by atoms with Crippen molar-refractivity contribution in [3.63, 3.8) is 0 Å². The lowest BCUT2D eigenvalue weighted by Crippen LogP contribution is -2.02. The fraction of sp³-hybridized carbons (Fsp3) is 0.625. The molecular formula is C32H52OS. The summed E-state index contributed by atoms with van der Waals surface area (Å²) in [5.41, 5.74) is 7.55. The summed E-state index contributed by atoms with van der Waals surface area (Å²) in [7, 11) is 0. The average Bonchev–Trinajstić information content (AvgIpc) is 3.39. The number of rotatable bonds is 17. The molecule has 0 aromatic rings. The Morgan fingerprint density at radius 3 is 1.74 bits per heavy atom. The monoisotopic (exact) mass is 484 g/mol. The highest BCUT2D eigenvalue weighted by atomic mass is 32.2. The first kappa shape index (κ1) is 30.8. The van der Waals surface area contributed by atoms with Crippen molar-refractivity contribution in [2.24, 2.45) is 0 Å². The molecule has 0 aromatic carbocycles. The van der Waals surface area contributed by atoms with E-state index in [0.29, 0.717) is 6.10 Å². The molecule has 1 fully saturated rings. The van der Waals surface area contributed by atoms with Crippen molar-refractivity contribution in [1.29, 1.82) is 0 Å². The fourth-order valence-electron chi connectivity index (χ4n) is 4.03. The Kier molecular flexibility index (Phi) is 15.6. The number of epoxide rings is 1. The topological polar surface area (TPSA) is 12.5 Å². The Labute approximate surface area is 216 Å². The summed E-state index contributed by atoms with van der Waals surface area (Å²) in [6, 6.07) is 0. The zero-order valence-corrected chi connectivity index (χ0v) is 24.3. The predicted molar refractivity (Wildman–Crippen MR) is 157 cm³/mol. The van der Waals surface area contributed by atoms with E-state index in [1.807, 2.05) is 0 Å². The summed E-state index contributed by atoms with van der Waals surface area (Å²) < 4.78 is 5.69. The molecule has 1 unspecified atom stereocenters. The highest BCUT2D eigenvalue weighted by Crippen LogP contribution is 2.38. The number of hydrogen-bond donors (Lipinski definition) is 0. The molecule has 0 radical (unpaired) electrons. The third kappa shape index (κ3) is 15.6. The van der Waals surface area contributed by atoms with E-state index >= 15 is 0 Å². The number of ether oxygens (including phenoxy) is 1. The lowest BCUT2D eigenvalue weighted by atomic mass is 10.0. The molecule has 192 valence electrons. The van der Waals surface area contributed by atoms with Crippen LogP contribution in [0.25, 0.3) is 0 Å². The molecule has 0 N–H and O–H groups in total. The second-order valence-electron chi connectivity index (χ2n) is 10.7. The standard InChI is InChI=1S/C32H52OS/c1-26(2)14-11-20-30(24-25-34-8)21-13-19-28(4)16-10-9-15-27(3)17-12-18-29(5)22-23-31-32(6,7)33-31/h14-16,18,21,24-25,31H,9-13,17,19-20,22-23H2,1-8H3/b25-24+,27-15+,28-16+,29-18+,30-21-. The van der Waals surface area contributed by atoms with Crippen LogP contribution in [0.5, 0.6) is 0 Å². The van der Waals surface area contributed by atoms with E-state index in [4.69, 9.17) is 4.74 Å². The quantitative estimate of drug-likeness (QED) is 0.0880. The molecule has 1 aliphatic rings. The van der Waals surface area contributed by atoms with E-state index in [-0.39, 0.29) is 5.60 Å². The Hall–Kier alpha value is -1.25. The van der Waals surface area contributed by atoms with Gasteiger partial charge in [-0.15, -0.1) is 11.8 Å². The van der Waals surface area contributed by atoms with E-state index in [0.717, 1.165) is 51.4 Å². The molecule has 1 nitrogen and oxygen atoms in total. The number of hydrogen-bond acceptors (Lipinski definition) is 2. The Morgan fingerprint density at radius 1 is 0.706 bits per heavy atom. The van der Waals surface area contributed by atoms with Crippen LogP contribution >= 0.6 is 11.8 Å². The smallest absolute Gasteiger partial charge is 0.0892 e. The summed E-state index contributed by atoms with van der Waals surface area (Å²) in [4.78, 5) is 0. The minimum Gasteiger partial charge on any atom is -0.367 e. The molecule has 0 amide bonds. The Balaban J connectivity index is 2.28. The van der Waals surface area contributed by atoms with Crippen LogP contribution < -0.4 is 0 Å². The second-order valence-corrected chi connectivity index (χ2v) is 11.4. The van der Waals surface area contributed by atoms with E-state index < -0.39 is 0 Å². The molecule has 0 saturated carbocycles. The maximum Gasteiger partial charge on any atom is 0.0892 e. The van der Waals surface area contributed by atoms with Crippen molar-refractivity contribution < 1.29 is 4.74 Å². The van der Waals surface area contributed by atoms with Crippen molar-refractivity contribution in [1.82, 2.24) is 0 Å². The molecule has 0 aromatic heterocycles. The van der Waals surface area contributed by atoms with Crippen LogP contribution in [0.1, 0.15) is 113 Å². The van der Waals surface area contributed by atoms with Gasteiger partial charge in [0, 0.05) is 0 Å². The third-order valence-corrected chi connectivity index (χ3v) is 6.91. The molecular weight excluding hydrogens is 432 g/mol. The summed E-state index contributed by atoms with van der Waals surface area (Å²) in [6.45, 7) is 15.6. The molecule has 1 heterocycles. The minimum absolute atomic E-state index is 0.128. The maximum atomic E-state index is 5.69. The molecule has 0 bridgehead atoms. The first-order chi connectivity index (χ1) is 16.1. The van der Waals surface area contributed by atoms with Gasteiger partial charge >= 0.3 is 0 Å². The summed E-state index contributed by atoms with van der Waals surface area (Å²) >= 11 is 1.78. The van der Waals surface area contributed by atoms with Crippen molar-refractivity contribution in [2.45, 2.75) is 124 Å². The minimum atomic E-state index is 0.128. The zero-order valence-electron chi connectivity index (χ0n) is 23.5. The van der Waals surface area contributed by atoms with Gasteiger partial charge in [-0.05, 0) is 124 Å². The Morgan fingerprint density at radius 2 is 1.21 bits per heavy atom. The van der Waals surface area contributed by atoms with Crippen molar-refractivity contribution in [2.75, 3.05) is 6.26 Å². The second kappa shape index (κ2) is 17.2. The molecule has 34 heavy (non-hydrogen) atoms. The molecule has 1 saturated heterocycles. The summed E-state index contributed by atoms with van der Waals surface area (Å²) in [5, 5.41) is 2.20. The molecule has 1 atom stereocenters. The predicted octanol–water partition coefficient (Wildman–Crippen LogP) is 10.7. The molecule has 1 aliphatic heterocycles. The third-order valence-electron chi connectivity index (χ3n) is 6.50. The largest absolute Gasteiger partial charge is 0.367 e. The lowest BCUT2D eigenvalue weighted by Gasteiger charge is -2.03. The van der Waals surface area contributed by atoms with Crippen molar-refractivity contribution >= 4 is 11.8 Å². The van der Waals surface area contributed by atoms with Crippen molar-refractivity contribution in [3.05, 3.63) is 69.7 Å². The van der Waals surface area contributed by atoms with Crippen LogP contribution in [-0.4, -0.2) is 18.0 Å². The number of allylic oxidation sites excluding steroid dienone is 11. The van der Waals surface area contributed by atoms with Gasteiger partial charge in [-0.3, -0.25) is 0 Å². The average molecular weight is 485 g/mol. The number of thioether (sulfide) groups is 1. The maximum absolute atomic E-state index is 5.69. The zero-order chi connectivity index (χ0) is 25.4. The highest BCUT2D eigenvalue weighted by Gasteiger charge is 2.46. The van der Waals surface area contributed by atoms with Gasteiger partial charge in [0.15, 0.2) is 0 Å². The van der Waals surface area contributed by atoms with Crippen LogP contribution in [0.15, 0.2) is 69.7 Å². The van der Waals surface area contributed by atoms with E-state index in [9.17, 15) is 0 Å². The van der Waals surface area contributed by atoms with Gasteiger partial charge < -0.3 is 4.74 Å². The molecule has 0 aliphatic carbocycles. The fourth-order valence-corrected chi connectivity index (χ4v) is 4.34. The van der Waals surface area contributed by atoms with Crippen LogP contribution in [-0.2, 0) is 4.74 Å². The van der Waals surface area contributed by atoms with Crippen LogP contribution in [0.2, 0.25) is 0 Å². The van der Waals surface area contributed by atoms with Crippen LogP contribution in [0, 0.1) is 0 Å². The first-order valence-electron chi connectivity index (χ1n) is 13.3. The first-order valence-corrected chi connectivity index (χ1v) is 14.6. The van der Waals surface area contributed by atoms with Gasteiger partial charge in [0.2, 0.25) is 0 Å². The summed E-state index contributed by atoms with van der Waals surface area (Å²) in [6.07, 6.45) is 28.5. The van der Waals surface area contributed by atoms with Gasteiger partial charge in [0.1, 0.15) is 0 Å². The summed E-state index contributed by atoms with van der Waals surface area (Å²) in [5.74, 6) is 0. The van der Waals surface area contributed by atoms with E-state index in [2.05, 4.69) is 96.6 Å². The highest BCUT2D eigenvalue weighted by molar-refractivity contribution is 8.01. The van der Waals surface area contributed by atoms with E-state index in [1.165, 1.54) is 40.7 Å².